The minimum absolute atomic E-state index is 0.289. The van der Waals surface area contributed by atoms with E-state index in [1.807, 2.05) is 13.0 Å². The Morgan fingerprint density at radius 2 is 1.80 bits per heavy atom. The Labute approximate surface area is 65.2 Å². The van der Waals surface area contributed by atoms with Crippen molar-refractivity contribution in [1.29, 1.82) is 0 Å². The van der Waals surface area contributed by atoms with Gasteiger partial charge in [-0.25, -0.2) is 0 Å². The largest absolute Gasteiger partial charge is 0.412 e. The summed E-state index contributed by atoms with van der Waals surface area (Å²) >= 11 is 0. The van der Waals surface area contributed by atoms with E-state index in [9.17, 15) is 0 Å². The van der Waals surface area contributed by atoms with Crippen molar-refractivity contribution < 1.29 is 4.43 Å². The molecule has 0 amide bonds. The Morgan fingerprint density at radius 1 is 1.30 bits per heavy atom. The number of hydrogen-bond donors (Lipinski definition) is 0. The standard InChI is InChI=1S/C8H18OSi/c1-6-7-8(2)9-10(3,4)5/h6-8H,1-5H3. The third-order valence-electron chi connectivity index (χ3n) is 1.00. The summed E-state index contributed by atoms with van der Waals surface area (Å²) in [6.45, 7) is 10.7. The van der Waals surface area contributed by atoms with Crippen LogP contribution in [0.4, 0.5) is 0 Å². The normalized spacial score (nSPS) is 16.1. The Kier molecular flexibility index (Phi) is 3.90. The highest BCUT2D eigenvalue weighted by Crippen LogP contribution is 2.07. The molecule has 1 atom stereocenters. The second kappa shape index (κ2) is 3.94. The third kappa shape index (κ3) is 6.04. The predicted octanol–water partition coefficient (Wildman–Crippen LogP) is 2.80. The van der Waals surface area contributed by atoms with E-state index in [2.05, 4.69) is 32.6 Å². The molecule has 0 rings (SSSR count). The molecule has 60 valence electrons. The lowest BCUT2D eigenvalue weighted by atomic mass is 10.4. The SMILES string of the molecule is CC=CC(C)O[Si](C)(C)C. The van der Waals surface area contributed by atoms with Crippen LogP contribution in [0.2, 0.25) is 19.6 Å². The van der Waals surface area contributed by atoms with E-state index >= 15 is 0 Å². The zero-order valence-corrected chi connectivity index (χ0v) is 8.64. The van der Waals surface area contributed by atoms with E-state index in [1.54, 1.807) is 0 Å². The Morgan fingerprint density at radius 3 is 2.10 bits per heavy atom. The van der Waals surface area contributed by atoms with Crippen molar-refractivity contribution in [3.05, 3.63) is 12.2 Å². The van der Waals surface area contributed by atoms with Gasteiger partial charge in [-0.1, -0.05) is 12.2 Å². The molecule has 0 saturated heterocycles. The van der Waals surface area contributed by atoms with Crippen LogP contribution in [0.3, 0.4) is 0 Å². The zero-order valence-electron chi connectivity index (χ0n) is 7.64. The third-order valence-corrected chi connectivity index (χ3v) is 2.08. The van der Waals surface area contributed by atoms with Crippen molar-refractivity contribution in [3.63, 3.8) is 0 Å². The van der Waals surface area contributed by atoms with Crippen LogP contribution in [0.15, 0.2) is 12.2 Å². The van der Waals surface area contributed by atoms with Gasteiger partial charge in [-0.2, -0.15) is 0 Å². The van der Waals surface area contributed by atoms with Gasteiger partial charge >= 0.3 is 0 Å². The van der Waals surface area contributed by atoms with E-state index in [0.29, 0.717) is 0 Å². The Bertz CT molecular complexity index is 113. The van der Waals surface area contributed by atoms with E-state index in [0.717, 1.165) is 0 Å². The van der Waals surface area contributed by atoms with Crippen LogP contribution in [-0.2, 0) is 4.43 Å². The molecule has 1 unspecified atom stereocenters. The van der Waals surface area contributed by atoms with Gasteiger partial charge in [0.15, 0.2) is 8.32 Å². The number of allylic oxidation sites excluding steroid dienone is 1. The molecule has 0 heterocycles. The molecule has 10 heavy (non-hydrogen) atoms. The fourth-order valence-corrected chi connectivity index (χ4v) is 2.06. The maximum absolute atomic E-state index is 5.73. The molecule has 0 saturated carbocycles. The van der Waals surface area contributed by atoms with Gasteiger partial charge in [0.1, 0.15) is 0 Å². The van der Waals surface area contributed by atoms with Crippen LogP contribution >= 0.6 is 0 Å². The van der Waals surface area contributed by atoms with Crippen molar-refractivity contribution in [2.24, 2.45) is 0 Å². The first-order chi connectivity index (χ1) is 4.45. The molecule has 0 radical (unpaired) electrons. The van der Waals surface area contributed by atoms with E-state index in [4.69, 9.17) is 4.43 Å². The molecule has 0 bridgehead atoms. The lowest BCUT2D eigenvalue weighted by Gasteiger charge is -2.20. The number of hydrogen-bond acceptors (Lipinski definition) is 1. The van der Waals surface area contributed by atoms with Crippen molar-refractivity contribution >= 4 is 8.32 Å². The second-order valence-corrected chi connectivity index (χ2v) is 7.92. The zero-order chi connectivity index (χ0) is 8.20. The first-order valence-electron chi connectivity index (χ1n) is 3.76. The molecule has 0 aliphatic heterocycles. The molecule has 0 aromatic heterocycles. The quantitative estimate of drug-likeness (QED) is 0.453. The maximum atomic E-state index is 5.73. The Balaban J connectivity index is 3.68. The van der Waals surface area contributed by atoms with E-state index < -0.39 is 8.32 Å². The smallest absolute Gasteiger partial charge is 0.184 e. The fourth-order valence-electron chi connectivity index (χ4n) is 0.868. The second-order valence-electron chi connectivity index (χ2n) is 3.46. The lowest BCUT2D eigenvalue weighted by molar-refractivity contribution is 0.262. The fraction of sp³-hybridized carbons (Fsp3) is 0.750. The van der Waals surface area contributed by atoms with Gasteiger partial charge in [-0.15, -0.1) is 0 Å². The van der Waals surface area contributed by atoms with Crippen molar-refractivity contribution in [1.82, 2.24) is 0 Å². The van der Waals surface area contributed by atoms with Crippen LogP contribution in [0, 0.1) is 0 Å². The monoisotopic (exact) mass is 158 g/mol. The highest BCUT2D eigenvalue weighted by atomic mass is 28.4. The molecule has 0 aliphatic rings. The summed E-state index contributed by atoms with van der Waals surface area (Å²) in [6.07, 6.45) is 4.40. The van der Waals surface area contributed by atoms with Crippen LogP contribution in [0.5, 0.6) is 0 Å². The molecule has 2 heteroatoms. The minimum Gasteiger partial charge on any atom is -0.412 e. The van der Waals surface area contributed by atoms with E-state index in [-0.39, 0.29) is 6.10 Å². The van der Waals surface area contributed by atoms with Crippen molar-refractivity contribution in [2.45, 2.75) is 39.6 Å². The summed E-state index contributed by atoms with van der Waals surface area (Å²) in [7, 11) is -1.31. The van der Waals surface area contributed by atoms with Gasteiger partial charge < -0.3 is 4.43 Å². The lowest BCUT2D eigenvalue weighted by Crippen LogP contribution is -2.29. The highest BCUT2D eigenvalue weighted by Gasteiger charge is 2.15. The van der Waals surface area contributed by atoms with Gasteiger partial charge in [0.25, 0.3) is 0 Å². The van der Waals surface area contributed by atoms with Crippen LogP contribution in [0.25, 0.3) is 0 Å². The molecule has 1 nitrogen and oxygen atoms in total. The van der Waals surface area contributed by atoms with Gasteiger partial charge in [0, 0.05) is 0 Å². The Hall–Kier alpha value is -0.0831. The minimum atomic E-state index is -1.31. The average molecular weight is 158 g/mol. The topological polar surface area (TPSA) is 9.23 Å². The van der Waals surface area contributed by atoms with E-state index in [1.165, 1.54) is 0 Å². The summed E-state index contributed by atoms with van der Waals surface area (Å²) in [6, 6.07) is 0. The molecule has 0 aliphatic carbocycles. The highest BCUT2D eigenvalue weighted by molar-refractivity contribution is 6.69. The summed E-state index contributed by atoms with van der Waals surface area (Å²) in [5, 5.41) is 0. The molecule has 0 aromatic rings. The van der Waals surface area contributed by atoms with Gasteiger partial charge in [-0.3, -0.25) is 0 Å². The van der Waals surface area contributed by atoms with Crippen molar-refractivity contribution in [3.8, 4) is 0 Å². The maximum Gasteiger partial charge on any atom is 0.184 e. The van der Waals surface area contributed by atoms with Crippen LogP contribution < -0.4 is 0 Å². The van der Waals surface area contributed by atoms with Gasteiger partial charge in [0.05, 0.1) is 6.10 Å². The molecule has 0 fully saturated rings. The molecule has 0 aromatic carbocycles. The summed E-state index contributed by atoms with van der Waals surface area (Å²) in [5.74, 6) is 0. The van der Waals surface area contributed by atoms with Crippen LogP contribution in [-0.4, -0.2) is 14.4 Å². The van der Waals surface area contributed by atoms with Crippen LogP contribution in [0.1, 0.15) is 13.8 Å². The number of rotatable bonds is 3. The molecular formula is C8H18OSi. The molecule has 0 N–H and O–H groups in total. The summed E-state index contributed by atoms with van der Waals surface area (Å²) < 4.78 is 5.73. The first-order valence-corrected chi connectivity index (χ1v) is 7.17. The summed E-state index contributed by atoms with van der Waals surface area (Å²) in [4.78, 5) is 0. The van der Waals surface area contributed by atoms with Gasteiger partial charge in [0.2, 0.25) is 0 Å². The predicted molar refractivity (Wildman–Crippen MR) is 48.7 cm³/mol. The average Bonchev–Trinajstić information content (AvgIpc) is 1.59. The van der Waals surface area contributed by atoms with Gasteiger partial charge in [-0.05, 0) is 33.5 Å². The molecular weight excluding hydrogens is 140 g/mol. The first kappa shape index (κ1) is 9.92. The summed E-state index contributed by atoms with van der Waals surface area (Å²) in [5.41, 5.74) is 0. The molecule has 0 spiro atoms. The van der Waals surface area contributed by atoms with Crippen molar-refractivity contribution in [2.75, 3.05) is 0 Å².